The van der Waals surface area contributed by atoms with Gasteiger partial charge < -0.3 is 4.98 Å². The van der Waals surface area contributed by atoms with Crippen molar-refractivity contribution in [1.82, 2.24) is 4.98 Å². The number of aromatic amines is 1. The number of hydrogen-bond donors (Lipinski definition) is 1. The van der Waals surface area contributed by atoms with Crippen molar-refractivity contribution >= 4 is 10.9 Å². The van der Waals surface area contributed by atoms with E-state index in [0.29, 0.717) is 0 Å². The molecule has 80 valence electrons. The van der Waals surface area contributed by atoms with Crippen molar-refractivity contribution in [3.05, 3.63) is 35.0 Å². The van der Waals surface area contributed by atoms with Crippen LogP contribution in [0, 0.1) is 6.92 Å². The minimum atomic E-state index is 1.26. The van der Waals surface area contributed by atoms with Crippen LogP contribution in [0.15, 0.2) is 18.3 Å². The molecule has 0 aliphatic heterocycles. The average Bonchev–Trinajstić information content (AvgIpc) is 2.87. The normalized spacial score (nSPS) is 13.5. The van der Waals surface area contributed by atoms with Crippen LogP contribution >= 0.6 is 0 Å². The second-order valence-corrected chi connectivity index (χ2v) is 3.95. The van der Waals surface area contributed by atoms with Gasteiger partial charge in [-0.3, -0.25) is 0 Å². The molecule has 1 heterocycles. The van der Waals surface area contributed by atoms with Gasteiger partial charge in [0.15, 0.2) is 0 Å². The number of fused-ring (bicyclic) bond motifs is 3. The van der Waals surface area contributed by atoms with E-state index in [2.05, 4.69) is 30.2 Å². The molecular formula is C14H19N. The van der Waals surface area contributed by atoms with Gasteiger partial charge >= 0.3 is 0 Å². The van der Waals surface area contributed by atoms with Crippen molar-refractivity contribution in [2.24, 2.45) is 0 Å². The Kier molecular flexibility index (Phi) is 2.81. The summed E-state index contributed by atoms with van der Waals surface area (Å²) in [6.45, 7) is 6.17. The summed E-state index contributed by atoms with van der Waals surface area (Å²) in [5.74, 6) is 0. The van der Waals surface area contributed by atoms with Crippen LogP contribution in [-0.4, -0.2) is 4.98 Å². The predicted molar refractivity (Wildman–Crippen MR) is 66.4 cm³/mol. The molecule has 3 rings (SSSR count). The standard InChI is InChI=1S/C12H13N.C2H6/c1-8-7-13-12-10(8)6-5-9-3-2-4-11(9)12;1-2/h5-7,13H,2-4H2,1H3;1-2H3. The van der Waals surface area contributed by atoms with Crippen molar-refractivity contribution in [2.75, 3.05) is 0 Å². The Morgan fingerprint density at radius 3 is 2.73 bits per heavy atom. The molecule has 1 aliphatic rings. The summed E-state index contributed by atoms with van der Waals surface area (Å²) in [7, 11) is 0. The van der Waals surface area contributed by atoms with Gasteiger partial charge in [-0.25, -0.2) is 0 Å². The maximum Gasteiger partial charge on any atom is 0.0492 e. The topological polar surface area (TPSA) is 15.8 Å². The minimum absolute atomic E-state index is 1.26. The fourth-order valence-corrected chi connectivity index (χ4v) is 2.42. The Morgan fingerprint density at radius 1 is 1.13 bits per heavy atom. The van der Waals surface area contributed by atoms with Crippen molar-refractivity contribution in [2.45, 2.75) is 40.0 Å². The molecular weight excluding hydrogens is 182 g/mol. The lowest BCUT2D eigenvalue weighted by atomic mass is 10.1. The number of aromatic nitrogens is 1. The van der Waals surface area contributed by atoms with E-state index in [-0.39, 0.29) is 0 Å². The first-order chi connectivity index (χ1) is 7.36. The lowest BCUT2D eigenvalue weighted by Gasteiger charge is -2.00. The average molecular weight is 201 g/mol. The third-order valence-corrected chi connectivity index (χ3v) is 3.14. The van der Waals surface area contributed by atoms with Crippen LogP contribution in [0.4, 0.5) is 0 Å². The molecule has 1 N–H and O–H groups in total. The molecule has 15 heavy (non-hydrogen) atoms. The van der Waals surface area contributed by atoms with Gasteiger partial charge in [-0.15, -0.1) is 0 Å². The quantitative estimate of drug-likeness (QED) is 0.663. The first-order valence-corrected chi connectivity index (χ1v) is 5.95. The van der Waals surface area contributed by atoms with Crippen molar-refractivity contribution in [3.8, 4) is 0 Å². The molecule has 2 aromatic rings. The van der Waals surface area contributed by atoms with E-state index in [0.717, 1.165) is 0 Å². The lowest BCUT2D eigenvalue weighted by molar-refractivity contribution is 0.913. The Hall–Kier alpha value is -1.24. The second kappa shape index (κ2) is 4.09. The number of rotatable bonds is 0. The molecule has 0 unspecified atom stereocenters. The molecule has 0 fully saturated rings. The molecule has 1 aliphatic carbocycles. The number of hydrogen-bond acceptors (Lipinski definition) is 0. The van der Waals surface area contributed by atoms with Gasteiger partial charge in [0.1, 0.15) is 0 Å². The molecule has 0 atom stereocenters. The van der Waals surface area contributed by atoms with Crippen LogP contribution in [0.3, 0.4) is 0 Å². The molecule has 0 saturated heterocycles. The zero-order valence-corrected chi connectivity index (χ0v) is 9.85. The number of aryl methyl sites for hydroxylation is 3. The van der Waals surface area contributed by atoms with Crippen LogP contribution in [0.1, 0.15) is 37.0 Å². The zero-order chi connectivity index (χ0) is 10.8. The summed E-state index contributed by atoms with van der Waals surface area (Å²) >= 11 is 0. The molecule has 0 saturated carbocycles. The Morgan fingerprint density at radius 2 is 1.93 bits per heavy atom. The first kappa shape index (κ1) is 10.3. The van der Waals surface area contributed by atoms with E-state index >= 15 is 0 Å². The smallest absolute Gasteiger partial charge is 0.0492 e. The SMILES string of the molecule is CC.Cc1c[nH]c2c3c(ccc12)CCC3. The highest BCUT2D eigenvalue weighted by Crippen LogP contribution is 2.30. The highest BCUT2D eigenvalue weighted by atomic mass is 14.7. The van der Waals surface area contributed by atoms with Crippen LogP contribution in [0.25, 0.3) is 10.9 Å². The summed E-state index contributed by atoms with van der Waals surface area (Å²) in [4.78, 5) is 3.39. The number of H-pyrrole nitrogens is 1. The van der Waals surface area contributed by atoms with Crippen LogP contribution in [-0.2, 0) is 12.8 Å². The Bertz CT molecular complexity index is 465. The summed E-state index contributed by atoms with van der Waals surface area (Å²) in [5.41, 5.74) is 5.86. The third-order valence-electron chi connectivity index (χ3n) is 3.14. The van der Waals surface area contributed by atoms with Gasteiger partial charge in [0.05, 0.1) is 0 Å². The van der Waals surface area contributed by atoms with Gasteiger partial charge in [0, 0.05) is 17.1 Å². The summed E-state index contributed by atoms with van der Waals surface area (Å²) < 4.78 is 0. The Balaban J connectivity index is 0.000000404. The van der Waals surface area contributed by atoms with Crippen LogP contribution in [0.2, 0.25) is 0 Å². The molecule has 1 nitrogen and oxygen atoms in total. The second-order valence-electron chi connectivity index (χ2n) is 3.95. The van der Waals surface area contributed by atoms with Crippen molar-refractivity contribution < 1.29 is 0 Å². The molecule has 1 aromatic carbocycles. The van der Waals surface area contributed by atoms with Gasteiger partial charge in [0.2, 0.25) is 0 Å². The van der Waals surface area contributed by atoms with E-state index < -0.39 is 0 Å². The molecule has 0 spiro atoms. The molecule has 0 radical (unpaired) electrons. The third kappa shape index (κ3) is 1.56. The maximum absolute atomic E-state index is 3.39. The van der Waals surface area contributed by atoms with Crippen LogP contribution < -0.4 is 0 Å². The van der Waals surface area contributed by atoms with E-state index in [9.17, 15) is 0 Å². The Labute approximate surface area is 91.5 Å². The van der Waals surface area contributed by atoms with Gasteiger partial charge in [0.25, 0.3) is 0 Å². The highest BCUT2D eigenvalue weighted by molar-refractivity contribution is 5.87. The van der Waals surface area contributed by atoms with E-state index in [1.807, 2.05) is 13.8 Å². The minimum Gasteiger partial charge on any atom is -0.361 e. The van der Waals surface area contributed by atoms with Crippen LogP contribution in [0.5, 0.6) is 0 Å². The fraction of sp³-hybridized carbons (Fsp3) is 0.429. The summed E-state index contributed by atoms with van der Waals surface area (Å²) in [6.07, 6.45) is 5.96. The highest BCUT2D eigenvalue weighted by Gasteiger charge is 2.14. The summed E-state index contributed by atoms with van der Waals surface area (Å²) in [5, 5.41) is 1.40. The lowest BCUT2D eigenvalue weighted by Crippen LogP contribution is -1.83. The van der Waals surface area contributed by atoms with Crippen molar-refractivity contribution in [3.63, 3.8) is 0 Å². The monoisotopic (exact) mass is 201 g/mol. The van der Waals surface area contributed by atoms with Gasteiger partial charge in [-0.05, 0) is 42.9 Å². The molecule has 1 aromatic heterocycles. The number of nitrogens with one attached hydrogen (secondary N) is 1. The first-order valence-electron chi connectivity index (χ1n) is 5.95. The largest absolute Gasteiger partial charge is 0.361 e. The predicted octanol–water partition coefficient (Wildman–Crippen LogP) is 3.99. The zero-order valence-electron chi connectivity index (χ0n) is 9.85. The van der Waals surface area contributed by atoms with E-state index in [1.54, 1.807) is 11.1 Å². The molecule has 1 heteroatoms. The van der Waals surface area contributed by atoms with E-state index in [4.69, 9.17) is 0 Å². The number of benzene rings is 1. The summed E-state index contributed by atoms with van der Waals surface area (Å²) in [6, 6.07) is 4.55. The molecule has 0 amide bonds. The fourth-order valence-electron chi connectivity index (χ4n) is 2.42. The maximum atomic E-state index is 3.39. The van der Waals surface area contributed by atoms with Gasteiger partial charge in [-0.1, -0.05) is 26.0 Å². The van der Waals surface area contributed by atoms with E-state index in [1.165, 1.54) is 35.7 Å². The van der Waals surface area contributed by atoms with Crippen molar-refractivity contribution in [1.29, 1.82) is 0 Å². The molecule has 0 bridgehead atoms. The van der Waals surface area contributed by atoms with Gasteiger partial charge in [-0.2, -0.15) is 0 Å².